The molecule has 0 unspecified atom stereocenters. The van der Waals surface area contributed by atoms with Gasteiger partial charge < -0.3 is 9.88 Å². The lowest BCUT2D eigenvalue weighted by molar-refractivity contribution is 0.0691. The number of sulfonamides is 1. The molecule has 0 atom stereocenters. The van der Waals surface area contributed by atoms with Crippen LogP contribution in [0.1, 0.15) is 46.0 Å². The predicted octanol–water partition coefficient (Wildman–Crippen LogP) is 3.06. The first-order valence-corrected chi connectivity index (χ1v) is 12.0. The molecule has 2 aromatic heterocycles. The summed E-state index contributed by atoms with van der Waals surface area (Å²) in [6.45, 7) is 6.29. The van der Waals surface area contributed by atoms with Crippen LogP contribution in [0.15, 0.2) is 20.1 Å². The van der Waals surface area contributed by atoms with Gasteiger partial charge in [-0.15, -0.1) is 11.3 Å². The number of hydrogen-bond donors (Lipinski definition) is 1. The zero-order chi connectivity index (χ0) is 20.6. The van der Waals surface area contributed by atoms with Gasteiger partial charge in [-0.3, -0.25) is 9.59 Å². The molecule has 2 aromatic rings. The van der Waals surface area contributed by atoms with Crippen LogP contribution in [0, 0.1) is 6.92 Å². The second-order valence-corrected chi connectivity index (χ2v) is 11.3. The molecule has 1 fully saturated rings. The van der Waals surface area contributed by atoms with E-state index in [2.05, 4.69) is 20.9 Å². The molecule has 0 saturated carbocycles. The number of piperazine rings is 1. The van der Waals surface area contributed by atoms with Crippen molar-refractivity contribution in [2.75, 3.05) is 26.2 Å². The smallest absolute Gasteiger partial charge is 0.270 e. The molecule has 3 rings (SSSR count). The Morgan fingerprint density at radius 1 is 1.21 bits per heavy atom. The Morgan fingerprint density at radius 3 is 2.36 bits per heavy atom. The molecule has 1 aliphatic heterocycles. The van der Waals surface area contributed by atoms with E-state index in [0.717, 1.165) is 9.35 Å². The standard InChI is InChI=1S/C18H22BrN3O4S2/c1-4-13-16(12(3)23)11(2)20-17(13)18(24)21-7-9-22(10-8-21)28(25,26)15-6-5-14(19)27-15/h5-6,20H,4,7-10H2,1-3H3. The van der Waals surface area contributed by atoms with Gasteiger partial charge in [-0.05, 0) is 53.9 Å². The summed E-state index contributed by atoms with van der Waals surface area (Å²) in [5.41, 5.74) is 2.43. The third-order valence-corrected chi connectivity index (χ3v) is 8.87. The number of ketones is 1. The Balaban J connectivity index is 1.76. The summed E-state index contributed by atoms with van der Waals surface area (Å²) in [6, 6.07) is 3.30. The average molecular weight is 488 g/mol. The average Bonchev–Trinajstić information content (AvgIpc) is 3.24. The van der Waals surface area contributed by atoms with Crippen molar-refractivity contribution in [1.29, 1.82) is 0 Å². The topological polar surface area (TPSA) is 90.6 Å². The molecule has 3 heterocycles. The van der Waals surface area contributed by atoms with Gasteiger partial charge in [-0.2, -0.15) is 4.31 Å². The van der Waals surface area contributed by atoms with Crippen molar-refractivity contribution in [3.05, 3.63) is 38.4 Å². The minimum absolute atomic E-state index is 0.0670. The second kappa shape index (κ2) is 8.10. The predicted molar refractivity (Wildman–Crippen MR) is 112 cm³/mol. The maximum absolute atomic E-state index is 13.0. The van der Waals surface area contributed by atoms with Crippen molar-refractivity contribution in [3.63, 3.8) is 0 Å². The van der Waals surface area contributed by atoms with Gasteiger partial charge in [-0.25, -0.2) is 8.42 Å². The summed E-state index contributed by atoms with van der Waals surface area (Å²) in [5.74, 6) is -0.258. The quantitative estimate of drug-likeness (QED) is 0.656. The number of rotatable bonds is 5. The number of carbonyl (C=O) groups excluding carboxylic acids is 2. The number of hydrogen-bond acceptors (Lipinski definition) is 5. The first kappa shape index (κ1) is 21.2. The summed E-state index contributed by atoms with van der Waals surface area (Å²) in [4.78, 5) is 29.6. The minimum atomic E-state index is -3.55. The number of carbonyl (C=O) groups is 2. The van der Waals surface area contributed by atoms with Crippen molar-refractivity contribution < 1.29 is 18.0 Å². The highest BCUT2D eigenvalue weighted by molar-refractivity contribution is 9.11. The fourth-order valence-corrected chi connectivity index (χ4v) is 7.13. The fraction of sp³-hybridized carbons (Fsp3) is 0.444. The minimum Gasteiger partial charge on any atom is -0.354 e. The van der Waals surface area contributed by atoms with Gasteiger partial charge in [0.25, 0.3) is 15.9 Å². The molecular weight excluding hydrogens is 466 g/mol. The number of nitrogens with zero attached hydrogens (tertiary/aromatic N) is 2. The molecule has 1 saturated heterocycles. The van der Waals surface area contributed by atoms with Gasteiger partial charge in [0.05, 0.1) is 3.79 Å². The van der Waals surface area contributed by atoms with Gasteiger partial charge in [0.2, 0.25) is 0 Å². The molecular formula is C18H22BrN3O4S2. The Labute approximate surface area is 176 Å². The monoisotopic (exact) mass is 487 g/mol. The van der Waals surface area contributed by atoms with E-state index in [-0.39, 0.29) is 24.8 Å². The third kappa shape index (κ3) is 3.83. The summed E-state index contributed by atoms with van der Waals surface area (Å²) in [6.07, 6.45) is 0.571. The van der Waals surface area contributed by atoms with E-state index in [1.54, 1.807) is 24.0 Å². The van der Waals surface area contributed by atoms with E-state index in [1.807, 2.05) is 6.92 Å². The number of aryl methyl sites for hydroxylation is 1. The molecule has 7 nitrogen and oxygen atoms in total. The Hall–Kier alpha value is -1.49. The van der Waals surface area contributed by atoms with Crippen LogP contribution < -0.4 is 0 Å². The summed E-state index contributed by atoms with van der Waals surface area (Å²) >= 11 is 4.46. The third-order valence-electron chi connectivity index (χ3n) is 4.88. The molecule has 1 amide bonds. The molecule has 28 heavy (non-hydrogen) atoms. The zero-order valence-electron chi connectivity index (χ0n) is 15.9. The lowest BCUT2D eigenvalue weighted by atomic mass is 10.0. The fourth-order valence-electron chi connectivity index (χ4n) is 3.54. The van der Waals surface area contributed by atoms with Crippen LogP contribution in [-0.4, -0.2) is 60.5 Å². The van der Waals surface area contributed by atoms with Gasteiger partial charge >= 0.3 is 0 Å². The first-order chi connectivity index (χ1) is 13.2. The largest absolute Gasteiger partial charge is 0.354 e. The molecule has 1 N–H and O–H groups in total. The molecule has 10 heteroatoms. The van der Waals surface area contributed by atoms with Gasteiger partial charge in [0.15, 0.2) is 5.78 Å². The van der Waals surface area contributed by atoms with Crippen molar-refractivity contribution in [1.82, 2.24) is 14.2 Å². The number of amides is 1. The maximum Gasteiger partial charge on any atom is 0.270 e. The Bertz CT molecular complexity index is 1020. The number of aromatic amines is 1. The highest BCUT2D eigenvalue weighted by atomic mass is 79.9. The molecule has 0 aliphatic carbocycles. The number of H-pyrrole nitrogens is 1. The van der Waals surface area contributed by atoms with Gasteiger partial charge in [0, 0.05) is 37.4 Å². The number of nitrogens with one attached hydrogen (secondary N) is 1. The number of Topliss-reactive ketones (excluding diaryl/α,β-unsaturated/α-hetero) is 1. The van der Waals surface area contributed by atoms with Crippen LogP contribution in [0.2, 0.25) is 0 Å². The summed E-state index contributed by atoms with van der Waals surface area (Å²) in [5, 5.41) is 0. The second-order valence-electron chi connectivity index (χ2n) is 6.64. The molecule has 0 spiro atoms. The van der Waals surface area contributed by atoms with Crippen LogP contribution in [0.3, 0.4) is 0 Å². The summed E-state index contributed by atoms with van der Waals surface area (Å²) in [7, 11) is -3.55. The Kier molecular flexibility index (Phi) is 6.14. The lowest BCUT2D eigenvalue weighted by Crippen LogP contribution is -2.50. The van der Waals surface area contributed by atoms with E-state index in [9.17, 15) is 18.0 Å². The van der Waals surface area contributed by atoms with Gasteiger partial charge in [-0.1, -0.05) is 6.92 Å². The van der Waals surface area contributed by atoms with E-state index in [0.29, 0.717) is 40.7 Å². The molecule has 1 aliphatic rings. The van der Waals surface area contributed by atoms with Crippen molar-refractivity contribution in [2.45, 2.75) is 31.4 Å². The van der Waals surface area contributed by atoms with Crippen LogP contribution in [0.4, 0.5) is 0 Å². The van der Waals surface area contributed by atoms with Crippen molar-refractivity contribution >= 4 is 49.0 Å². The molecule has 0 radical (unpaired) electrons. The molecule has 152 valence electrons. The number of aromatic nitrogens is 1. The van der Waals surface area contributed by atoms with Gasteiger partial charge in [0.1, 0.15) is 9.90 Å². The van der Waals surface area contributed by atoms with E-state index < -0.39 is 10.0 Å². The van der Waals surface area contributed by atoms with E-state index in [4.69, 9.17) is 0 Å². The van der Waals surface area contributed by atoms with E-state index >= 15 is 0 Å². The Morgan fingerprint density at radius 2 is 1.86 bits per heavy atom. The molecule has 0 aromatic carbocycles. The van der Waals surface area contributed by atoms with Crippen LogP contribution in [0.5, 0.6) is 0 Å². The van der Waals surface area contributed by atoms with E-state index in [1.165, 1.54) is 22.6 Å². The number of thiophene rings is 1. The number of halogens is 1. The summed E-state index contributed by atoms with van der Waals surface area (Å²) < 4.78 is 27.9. The van der Waals surface area contributed by atoms with Crippen molar-refractivity contribution in [2.24, 2.45) is 0 Å². The normalized spacial score (nSPS) is 15.8. The SMILES string of the molecule is CCc1c(C(=O)N2CCN(S(=O)(=O)c3ccc(Br)s3)CC2)[nH]c(C)c1C(C)=O. The van der Waals surface area contributed by atoms with Crippen molar-refractivity contribution in [3.8, 4) is 0 Å². The molecule has 0 bridgehead atoms. The zero-order valence-corrected chi connectivity index (χ0v) is 19.1. The highest BCUT2D eigenvalue weighted by Crippen LogP contribution is 2.29. The van der Waals surface area contributed by atoms with Crippen LogP contribution in [-0.2, 0) is 16.4 Å². The highest BCUT2D eigenvalue weighted by Gasteiger charge is 2.33. The lowest BCUT2D eigenvalue weighted by Gasteiger charge is -2.33. The van der Waals surface area contributed by atoms with Crippen LogP contribution >= 0.6 is 27.3 Å². The first-order valence-electron chi connectivity index (χ1n) is 8.94. The van der Waals surface area contributed by atoms with Crippen LogP contribution in [0.25, 0.3) is 0 Å². The maximum atomic E-state index is 13.0.